The van der Waals surface area contributed by atoms with E-state index in [1.54, 1.807) is 18.2 Å². The first-order chi connectivity index (χ1) is 10.0. The Kier molecular flexibility index (Phi) is 3.02. The fourth-order valence-corrected chi connectivity index (χ4v) is 2.16. The topological polar surface area (TPSA) is 95.9 Å². The summed E-state index contributed by atoms with van der Waals surface area (Å²) in [6, 6.07) is 7.14. The van der Waals surface area contributed by atoms with Crippen molar-refractivity contribution in [2.24, 2.45) is 0 Å². The molecule has 6 nitrogen and oxygen atoms in total. The molecule has 2 heterocycles. The highest BCUT2D eigenvalue weighted by atomic mass is 19.1. The number of hydrogen-bond acceptors (Lipinski definition) is 4. The van der Waals surface area contributed by atoms with Crippen LogP contribution in [0.2, 0.25) is 0 Å². The molecule has 21 heavy (non-hydrogen) atoms. The van der Waals surface area contributed by atoms with Gasteiger partial charge in [0.25, 0.3) is 5.56 Å². The van der Waals surface area contributed by atoms with Crippen LogP contribution in [0.3, 0.4) is 0 Å². The Morgan fingerprint density at radius 2 is 1.81 bits per heavy atom. The van der Waals surface area contributed by atoms with E-state index in [0.29, 0.717) is 5.56 Å². The average Bonchev–Trinajstić information content (AvgIpc) is 2.40. The van der Waals surface area contributed by atoms with Crippen molar-refractivity contribution in [1.29, 1.82) is 0 Å². The lowest BCUT2D eigenvalue weighted by molar-refractivity contribution is 0.544. The van der Waals surface area contributed by atoms with Gasteiger partial charge in [-0.3, -0.25) is 14.8 Å². The van der Waals surface area contributed by atoms with Crippen molar-refractivity contribution in [2.45, 2.75) is 6.42 Å². The molecule has 0 bridgehead atoms. The average molecular weight is 288 g/mol. The molecule has 0 unspecified atom stereocenters. The summed E-state index contributed by atoms with van der Waals surface area (Å²) in [6.07, 6.45) is 0.0316. The van der Waals surface area contributed by atoms with Gasteiger partial charge in [-0.2, -0.15) is 0 Å². The van der Waals surface area contributed by atoms with E-state index >= 15 is 0 Å². The van der Waals surface area contributed by atoms with Crippen LogP contribution in [0, 0.1) is 5.82 Å². The summed E-state index contributed by atoms with van der Waals surface area (Å²) in [7, 11) is 0. The molecule has 3 aromatic rings. The van der Waals surface area contributed by atoms with Gasteiger partial charge in [-0.05, 0) is 17.2 Å². The second-order valence-electron chi connectivity index (χ2n) is 4.47. The lowest BCUT2D eigenvalue weighted by Crippen LogP contribution is -2.24. The zero-order valence-corrected chi connectivity index (χ0v) is 10.6. The van der Waals surface area contributed by atoms with Crippen molar-refractivity contribution >= 4 is 11.1 Å². The number of H-pyrrole nitrogens is 2. The van der Waals surface area contributed by atoms with Crippen LogP contribution >= 0.6 is 0 Å². The van der Waals surface area contributed by atoms with Crippen molar-refractivity contribution in [1.82, 2.24) is 9.97 Å². The molecule has 0 fully saturated rings. The summed E-state index contributed by atoms with van der Waals surface area (Å²) in [4.78, 5) is 38.9. The number of aromatic nitrogens is 2. The van der Waals surface area contributed by atoms with Gasteiger partial charge in [0.15, 0.2) is 0 Å². The van der Waals surface area contributed by atoms with Gasteiger partial charge in [-0.15, -0.1) is 0 Å². The SMILES string of the molecule is O=c1[nH]c(=O)c2c(Cc3ccccc3F)cc(=O)oc2[nH]1. The van der Waals surface area contributed by atoms with Crippen LogP contribution in [0.5, 0.6) is 0 Å². The molecule has 0 saturated carbocycles. The molecule has 2 aromatic heterocycles. The van der Waals surface area contributed by atoms with Crippen LogP contribution in [-0.2, 0) is 6.42 Å². The van der Waals surface area contributed by atoms with Gasteiger partial charge >= 0.3 is 11.3 Å². The molecule has 1 aromatic carbocycles. The number of benzene rings is 1. The zero-order chi connectivity index (χ0) is 15.0. The molecule has 7 heteroatoms. The first-order valence-electron chi connectivity index (χ1n) is 6.07. The minimum absolute atomic E-state index is 0.0254. The Morgan fingerprint density at radius 1 is 1.05 bits per heavy atom. The van der Waals surface area contributed by atoms with Gasteiger partial charge in [0, 0.05) is 12.5 Å². The zero-order valence-electron chi connectivity index (χ0n) is 10.6. The normalized spacial score (nSPS) is 10.9. The lowest BCUT2D eigenvalue weighted by Gasteiger charge is -2.05. The van der Waals surface area contributed by atoms with E-state index in [2.05, 4.69) is 9.97 Å². The number of fused-ring (bicyclic) bond motifs is 1. The Morgan fingerprint density at radius 3 is 2.57 bits per heavy atom. The summed E-state index contributed by atoms with van der Waals surface area (Å²) in [5.41, 5.74) is -1.81. The maximum atomic E-state index is 13.7. The monoisotopic (exact) mass is 288 g/mol. The molecule has 0 saturated heterocycles. The van der Waals surface area contributed by atoms with E-state index < -0.39 is 22.7 Å². The number of aromatic amines is 2. The van der Waals surface area contributed by atoms with Crippen molar-refractivity contribution in [2.75, 3.05) is 0 Å². The van der Waals surface area contributed by atoms with Gasteiger partial charge in [0.1, 0.15) is 11.2 Å². The van der Waals surface area contributed by atoms with Gasteiger partial charge in [0.05, 0.1) is 0 Å². The van der Waals surface area contributed by atoms with Crippen LogP contribution in [0.4, 0.5) is 4.39 Å². The molecule has 0 spiro atoms. The second kappa shape index (κ2) is 4.86. The number of nitrogens with one attached hydrogen (secondary N) is 2. The van der Waals surface area contributed by atoms with E-state index in [-0.39, 0.29) is 23.1 Å². The maximum absolute atomic E-state index is 13.7. The summed E-state index contributed by atoms with van der Waals surface area (Å²) < 4.78 is 18.5. The van der Waals surface area contributed by atoms with E-state index in [9.17, 15) is 18.8 Å². The van der Waals surface area contributed by atoms with Crippen LogP contribution in [-0.4, -0.2) is 9.97 Å². The summed E-state index contributed by atoms with van der Waals surface area (Å²) >= 11 is 0. The first kappa shape index (κ1) is 13.0. The minimum Gasteiger partial charge on any atom is -0.405 e. The predicted octanol–water partition coefficient (Wildman–Crippen LogP) is 0.900. The molecule has 0 aliphatic heterocycles. The lowest BCUT2D eigenvalue weighted by atomic mass is 10.0. The summed E-state index contributed by atoms with van der Waals surface area (Å²) in [5, 5.41) is 0.0254. The standard InChI is InChI=1S/C14H9FN2O4/c15-9-4-2-1-3-7(9)5-8-6-10(18)21-13-11(8)12(19)16-14(20)17-13/h1-4,6H,5H2,(H2,16,17,19,20). The molecule has 0 radical (unpaired) electrons. The molecule has 0 amide bonds. The van der Waals surface area contributed by atoms with Crippen LogP contribution in [0.25, 0.3) is 11.1 Å². The second-order valence-corrected chi connectivity index (χ2v) is 4.47. The Bertz CT molecular complexity index is 995. The molecular weight excluding hydrogens is 279 g/mol. The number of hydrogen-bond donors (Lipinski definition) is 2. The number of rotatable bonds is 2. The highest BCUT2D eigenvalue weighted by Gasteiger charge is 2.13. The van der Waals surface area contributed by atoms with Crippen molar-refractivity contribution in [3.8, 4) is 0 Å². The summed E-state index contributed by atoms with van der Waals surface area (Å²) in [6.45, 7) is 0. The molecule has 0 aliphatic rings. The minimum atomic E-state index is -0.779. The van der Waals surface area contributed by atoms with E-state index in [0.717, 1.165) is 6.07 Å². The first-order valence-corrected chi connectivity index (χ1v) is 6.07. The highest BCUT2D eigenvalue weighted by molar-refractivity contribution is 5.75. The fourth-order valence-electron chi connectivity index (χ4n) is 2.16. The summed E-state index contributed by atoms with van der Waals surface area (Å²) in [5.74, 6) is -0.445. The molecule has 0 atom stereocenters. The van der Waals surface area contributed by atoms with E-state index in [1.165, 1.54) is 6.07 Å². The largest absolute Gasteiger partial charge is 0.405 e. The Balaban J connectivity index is 2.28. The van der Waals surface area contributed by atoms with Crippen molar-refractivity contribution < 1.29 is 8.81 Å². The van der Waals surface area contributed by atoms with Crippen LogP contribution in [0.1, 0.15) is 11.1 Å². The van der Waals surface area contributed by atoms with Gasteiger partial charge in [-0.1, -0.05) is 18.2 Å². The third kappa shape index (κ3) is 2.40. The Hall–Kier alpha value is -2.96. The van der Waals surface area contributed by atoms with Crippen molar-refractivity contribution in [3.05, 3.63) is 78.5 Å². The van der Waals surface area contributed by atoms with Gasteiger partial charge < -0.3 is 4.42 Å². The van der Waals surface area contributed by atoms with Gasteiger partial charge in [0.2, 0.25) is 5.71 Å². The maximum Gasteiger partial charge on any atom is 0.337 e. The predicted molar refractivity (Wildman–Crippen MR) is 72.9 cm³/mol. The highest BCUT2D eigenvalue weighted by Crippen LogP contribution is 2.16. The van der Waals surface area contributed by atoms with E-state index in [4.69, 9.17) is 4.42 Å². The molecule has 0 aliphatic carbocycles. The molecule has 3 rings (SSSR count). The van der Waals surface area contributed by atoms with Crippen LogP contribution in [0.15, 0.2) is 49.1 Å². The van der Waals surface area contributed by atoms with E-state index in [1.807, 2.05) is 0 Å². The third-order valence-electron chi connectivity index (χ3n) is 3.06. The fraction of sp³-hybridized carbons (Fsp3) is 0.0714. The quantitative estimate of drug-likeness (QED) is 0.732. The molecule has 2 N–H and O–H groups in total. The number of halogens is 1. The third-order valence-corrected chi connectivity index (χ3v) is 3.06. The Labute approximate surface area is 115 Å². The molecule has 106 valence electrons. The van der Waals surface area contributed by atoms with Crippen molar-refractivity contribution in [3.63, 3.8) is 0 Å². The van der Waals surface area contributed by atoms with Gasteiger partial charge in [-0.25, -0.2) is 14.0 Å². The van der Waals surface area contributed by atoms with Crippen LogP contribution < -0.4 is 16.9 Å². The smallest absolute Gasteiger partial charge is 0.337 e. The molecular formula is C14H9FN2O4.